The number of nitrogens with zero attached hydrogens (tertiary/aromatic N) is 1. The minimum Gasteiger partial charge on any atom is -0.487 e. The molecule has 2 N–H and O–H groups in total. The van der Waals surface area contributed by atoms with E-state index in [-0.39, 0.29) is 5.69 Å². The zero-order valence-corrected chi connectivity index (χ0v) is 11.7. The molecule has 0 atom stereocenters. The lowest BCUT2D eigenvalue weighted by Gasteiger charge is -2.53. The van der Waals surface area contributed by atoms with Crippen molar-refractivity contribution in [2.24, 2.45) is 16.5 Å². The SMILES string of the molecule is NSc1ccc(OCC2CC3(COC3)C2)c([N+](=O)[O-])c1. The predicted molar refractivity (Wildman–Crippen MR) is 74.6 cm³/mol. The normalized spacial score (nSPS) is 20.2. The van der Waals surface area contributed by atoms with Gasteiger partial charge in [0.2, 0.25) is 0 Å². The Morgan fingerprint density at radius 2 is 2.25 bits per heavy atom. The molecule has 1 heterocycles. The quantitative estimate of drug-likeness (QED) is 0.510. The molecular formula is C13H16N2O4S. The average molecular weight is 296 g/mol. The summed E-state index contributed by atoms with van der Waals surface area (Å²) in [4.78, 5) is 11.3. The van der Waals surface area contributed by atoms with Crippen molar-refractivity contribution in [3.63, 3.8) is 0 Å². The molecule has 1 saturated carbocycles. The van der Waals surface area contributed by atoms with Gasteiger partial charge in [0, 0.05) is 16.4 Å². The van der Waals surface area contributed by atoms with Crippen LogP contribution in [0.1, 0.15) is 12.8 Å². The number of nitro groups is 1. The van der Waals surface area contributed by atoms with Crippen LogP contribution in [0.25, 0.3) is 0 Å². The molecule has 2 fully saturated rings. The van der Waals surface area contributed by atoms with Crippen molar-refractivity contribution in [3.05, 3.63) is 28.3 Å². The molecular weight excluding hydrogens is 280 g/mol. The van der Waals surface area contributed by atoms with Crippen LogP contribution in [0.5, 0.6) is 5.75 Å². The first-order chi connectivity index (χ1) is 9.62. The Labute approximate surface area is 120 Å². The van der Waals surface area contributed by atoms with Crippen LogP contribution in [-0.4, -0.2) is 24.7 Å². The van der Waals surface area contributed by atoms with Crippen LogP contribution < -0.4 is 9.88 Å². The standard InChI is InChI=1S/C13H16N2O4S/c14-20-10-1-2-12(11(3-10)15(16)17)19-6-9-4-13(5-9)7-18-8-13/h1-3,9H,4-8,14H2. The van der Waals surface area contributed by atoms with E-state index in [1.54, 1.807) is 12.1 Å². The van der Waals surface area contributed by atoms with E-state index in [4.69, 9.17) is 14.6 Å². The Hall–Kier alpha value is -1.31. The lowest BCUT2D eigenvalue weighted by atomic mass is 9.61. The highest BCUT2D eigenvalue weighted by molar-refractivity contribution is 7.97. The molecule has 1 aliphatic carbocycles. The predicted octanol–water partition coefficient (Wildman–Crippen LogP) is 2.37. The fourth-order valence-electron chi connectivity index (χ4n) is 2.95. The smallest absolute Gasteiger partial charge is 0.312 e. The van der Waals surface area contributed by atoms with Gasteiger partial charge in [-0.2, -0.15) is 0 Å². The van der Waals surface area contributed by atoms with Crippen LogP contribution in [0.15, 0.2) is 23.1 Å². The van der Waals surface area contributed by atoms with Crippen LogP contribution in [0.4, 0.5) is 5.69 Å². The van der Waals surface area contributed by atoms with Crippen molar-refractivity contribution in [3.8, 4) is 5.75 Å². The number of benzene rings is 1. The Morgan fingerprint density at radius 3 is 2.80 bits per heavy atom. The molecule has 1 aromatic carbocycles. The molecule has 0 radical (unpaired) electrons. The number of hydrogen-bond acceptors (Lipinski definition) is 6. The maximum atomic E-state index is 11.0. The van der Waals surface area contributed by atoms with Gasteiger partial charge in [-0.15, -0.1) is 0 Å². The van der Waals surface area contributed by atoms with Crippen molar-refractivity contribution in [2.45, 2.75) is 17.7 Å². The fraction of sp³-hybridized carbons (Fsp3) is 0.538. The average Bonchev–Trinajstić information content (AvgIpc) is 2.35. The van der Waals surface area contributed by atoms with Crippen LogP contribution in [-0.2, 0) is 4.74 Å². The lowest BCUT2D eigenvalue weighted by Crippen LogP contribution is -2.53. The summed E-state index contributed by atoms with van der Waals surface area (Å²) in [6.07, 6.45) is 2.19. The van der Waals surface area contributed by atoms with Crippen LogP contribution in [0.2, 0.25) is 0 Å². The van der Waals surface area contributed by atoms with Gasteiger partial charge in [-0.05, 0) is 42.8 Å². The van der Waals surface area contributed by atoms with Gasteiger partial charge < -0.3 is 9.47 Å². The van der Waals surface area contributed by atoms with Gasteiger partial charge in [-0.3, -0.25) is 15.3 Å². The molecule has 3 rings (SSSR count). The highest BCUT2D eigenvalue weighted by Crippen LogP contribution is 2.50. The Balaban J connectivity index is 1.60. The third kappa shape index (κ3) is 2.48. The van der Waals surface area contributed by atoms with Gasteiger partial charge in [0.15, 0.2) is 5.75 Å². The first-order valence-corrected chi connectivity index (χ1v) is 7.36. The van der Waals surface area contributed by atoms with Gasteiger partial charge in [0.1, 0.15) is 0 Å². The summed E-state index contributed by atoms with van der Waals surface area (Å²) in [7, 11) is 0. The van der Waals surface area contributed by atoms with Gasteiger partial charge in [0.05, 0.1) is 24.7 Å². The van der Waals surface area contributed by atoms with E-state index in [0.29, 0.717) is 28.6 Å². The topological polar surface area (TPSA) is 87.6 Å². The monoisotopic (exact) mass is 296 g/mol. The number of ether oxygens (including phenoxy) is 2. The second-order valence-electron chi connectivity index (χ2n) is 5.58. The molecule has 1 spiro atoms. The highest BCUT2D eigenvalue weighted by Gasteiger charge is 2.49. The Bertz CT molecular complexity index is 525. The van der Waals surface area contributed by atoms with E-state index in [0.717, 1.165) is 38.0 Å². The maximum absolute atomic E-state index is 11.0. The summed E-state index contributed by atoms with van der Waals surface area (Å²) in [5, 5.41) is 16.5. The zero-order valence-electron chi connectivity index (χ0n) is 10.9. The van der Waals surface area contributed by atoms with Crippen molar-refractivity contribution in [1.82, 2.24) is 0 Å². The van der Waals surface area contributed by atoms with Crippen LogP contribution in [0, 0.1) is 21.4 Å². The zero-order chi connectivity index (χ0) is 14.2. The maximum Gasteiger partial charge on any atom is 0.312 e. The summed E-state index contributed by atoms with van der Waals surface area (Å²) in [6, 6.07) is 4.80. The van der Waals surface area contributed by atoms with Crippen molar-refractivity contribution < 1.29 is 14.4 Å². The molecule has 0 unspecified atom stereocenters. The van der Waals surface area contributed by atoms with Crippen molar-refractivity contribution in [1.29, 1.82) is 0 Å². The van der Waals surface area contributed by atoms with Crippen molar-refractivity contribution in [2.75, 3.05) is 19.8 Å². The Kier molecular flexibility index (Phi) is 3.57. The molecule has 0 aromatic heterocycles. The van der Waals surface area contributed by atoms with Crippen molar-refractivity contribution >= 4 is 17.6 Å². The minimum atomic E-state index is -0.433. The van der Waals surface area contributed by atoms with Gasteiger partial charge >= 0.3 is 5.69 Å². The largest absolute Gasteiger partial charge is 0.487 e. The van der Waals surface area contributed by atoms with E-state index in [1.807, 2.05) is 0 Å². The third-order valence-electron chi connectivity index (χ3n) is 4.00. The molecule has 6 nitrogen and oxygen atoms in total. The van der Waals surface area contributed by atoms with E-state index in [1.165, 1.54) is 6.07 Å². The molecule has 108 valence electrons. The van der Waals surface area contributed by atoms with Gasteiger partial charge in [-0.1, -0.05) is 0 Å². The lowest BCUT2D eigenvalue weighted by molar-refractivity contribution is -0.386. The van der Waals surface area contributed by atoms with E-state index < -0.39 is 4.92 Å². The second kappa shape index (κ2) is 5.23. The van der Waals surface area contributed by atoms with E-state index in [9.17, 15) is 10.1 Å². The Morgan fingerprint density at radius 1 is 1.50 bits per heavy atom. The summed E-state index contributed by atoms with van der Waals surface area (Å²) in [5.74, 6) is 0.792. The molecule has 1 aromatic rings. The first-order valence-electron chi connectivity index (χ1n) is 6.48. The molecule has 0 bridgehead atoms. The highest BCUT2D eigenvalue weighted by atomic mass is 32.2. The fourth-order valence-corrected chi connectivity index (χ4v) is 3.28. The minimum absolute atomic E-state index is 0.0264. The number of rotatable bonds is 5. The molecule has 7 heteroatoms. The number of nitro benzene ring substituents is 1. The summed E-state index contributed by atoms with van der Waals surface area (Å²) in [5.41, 5.74) is 0.362. The molecule has 0 amide bonds. The second-order valence-corrected chi connectivity index (χ2v) is 6.29. The van der Waals surface area contributed by atoms with Gasteiger partial charge in [-0.25, -0.2) is 0 Å². The van der Waals surface area contributed by atoms with Crippen LogP contribution >= 0.6 is 11.9 Å². The van der Waals surface area contributed by atoms with E-state index >= 15 is 0 Å². The molecule has 1 saturated heterocycles. The summed E-state index contributed by atoms with van der Waals surface area (Å²) >= 11 is 0.986. The summed E-state index contributed by atoms with van der Waals surface area (Å²) in [6.45, 7) is 2.23. The van der Waals surface area contributed by atoms with Crippen LogP contribution in [0.3, 0.4) is 0 Å². The van der Waals surface area contributed by atoms with Gasteiger partial charge in [0.25, 0.3) is 0 Å². The third-order valence-corrected chi connectivity index (χ3v) is 4.52. The molecule has 1 aliphatic heterocycles. The van der Waals surface area contributed by atoms with E-state index in [2.05, 4.69) is 0 Å². The first kappa shape index (κ1) is 13.7. The number of nitrogens with two attached hydrogens (primary N) is 1. The number of hydrogen-bond donors (Lipinski definition) is 1. The molecule has 20 heavy (non-hydrogen) atoms. The molecule has 2 aliphatic rings. The summed E-state index contributed by atoms with van der Waals surface area (Å²) < 4.78 is 10.9.